The highest BCUT2D eigenvalue weighted by atomic mass is 16.5. The molecule has 1 N–H and O–H groups in total. The number of benzene rings is 2. The van der Waals surface area contributed by atoms with Crippen molar-refractivity contribution < 1.29 is 14.6 Å². The maximum Gasteiger partial charge on any atom is 0.338 e. The number of ether oxygens (including phenoxy) is 1. The largest absolute Gasteiger partial charge is 0.507 e. The molecule has 2 aliphatic carbocycles. The van der Waals surface area contributed by atoms with E-state index >= 15 is 0 Å². The van der Waals surface area contributed by atoms with Crippen LogP contribution in [0.1, 0.15) is 49.7 Å². The second kappa shape index (κ2) is 5.23. The van der Waals surface area contributed by atoms with Gasteiger partial charge in [-0.15, -0.1) is 0 Å². The minimum atomic E-state index is -0.419. The van der Waals surface area contributed by atoms with Gasteiger partial charge in [-0.3, -0.25) is 0 Å². The molecule has 122 valence electrons. The van der Waals surface area contributed by atoms with Crippen molar-refractivity contribution in [2.75, 3.05) is 0 Å². The lowest BCUT2D eigenvalue weighted by Gasteiger charge is -2.23. The standard InChI is InChI=1S/C21H20O3/c1-4-12-9-13-10-16(12)18-17(13)19(22)14-7-5-6-8-15(14)20(18)24-21(23)11(2)3/h5-9,13,16,22H,2,4,10H2,1,3H3. The molecule has 0 amide bonds. The van der Waals surface area contributed by atoms with Crippen LogP contribution >= 0.6 is 0 Å². The molecular weight excluding hydrogens is 300 g/mol. The molecule has 0 aromatic heterocycles. The quantitative estimate of drug-likeness (QED) is 0.377. The Kier molecular flexibility index (Phi) is 3.27. The summed E-state index contributed by atoms with van der Waals surface area (Å²) in [6.07, 6.45) is 4.20. The van der Waals surface area contributed by atoms with E-state index < -0.39 is 5.97 Å². The number of phenols is 1. The fraction of sp³-hybridized carbons (Fsp3) is 0.286. The van der Waals surface area contributed by atoms with Gasteiger partial charge >= 0.3 is 5.97 Å². The van der Waals surface area contributed by atoms with Crippen molar-refractivity contribution in [3.8, 4) is 11.5 Å². The zero-order chi connectivity index (χ0) is 17.0. The van der Waals surface area contributed by atoms with Gasteiger partial charge in [0.1, 0.15) is 11.5 Å². The van der Waals surface area contributed by atoms with E-state index in [2.05, 4.69) is 19.6 Å². The SMILES string of the molecule is C=C(C)C(=O)Oc1c2c(c(O)c3ccccc13)C1C=C(CC)C2C1. The lowest BCUT2D eigenvalue weighted by atomic mass is 9.86. The Morgan fingerprint density at radius 2 is 2.00 bits per heavy atom. The topological polar surface area (TPSA) is 46.5 Å². The van der Waals surface area contributed by atoms with Gasteiger partial charge in [-0.1, -0.05) is 49.4 Å². The van der Waals surface area contributed by atoms with Crippen molar-refractivity contribution in [3.63, 3.8) is 0 Å². The number of hydrogen-bond acceptors (Lipinski definition) is 3. The third-order valence-corrected chi connectivity index (χ3v) is 5.24. The lowest BCUT2D eigenvalue weighted by Crippen LogP contribution is -2.12. The molecule has 0 saturated carbocycles. The predicted molar refractivity (Wildman–Crippen MR) is 94.5 cm³/mol. The Morgan fingerprint density at radius 3 is 2.67 bits per heavy atom. The number of esters is 1. The van der Waals surface area contributed by atoms with Gasteiger partial charge < -0.3 is 9.84 Å². The summed E-state index contributed by atoms with van der Waals surface area (Å²) in [5.74, 6) is 0.954. The lowest BCUT2D eigenvalue weighted by molar-refractivity contribution is -0.130. The molecule has 0 radical (unpaired) electrons. The monoisotopic (exact) mass is 320 g/mol. The average molecular weight is 320 g/mol. The molecule has 2 atom stereocenters. The van der Waals surface area contributed by atoms with Gasteiger partial charge in [0.2, 0.25) is 0 Å². The first-order valence-electron chi connectivity index (χ1n) is 8.38. The van der Waals surface area contributed by atoms with Crippen LogP contribution in [0.5, 0.6) is 11.5 Å². The van der Waals surface area contributed by atoms with E-state index in [0.29, 0.717) is 17.1 Å². The average Bonchev–Trinajstić information content (AvgIpc) is 3.16. The third kappa shape index (κ3) is 1.94. The Bertz CT molecular complexity index is 920. The fourth-order valence-electron chi connectivity index (χ4n) is 4.16. The summed E-state index contributed by atoms with van der Waals surface area (Å²) in [4.78, 5) is 12.2. The van der Waals surface area contributed by atoms with Gasteiger partial charge in [0.25, 0.3) is 0 Å². The summed E-state index contributed by atoms with van der Waals surface area (Å²) in [5, 5.41) is 12.4. The number of carbonyl (C=O) groups excluding carboxylic acids is 1. The molecule has 4 rings (SSSR count). The van der Waals surface area contributed by atoms with E-state index in [-0.39, 0.29) is 11.8 Å². The van der Waals surface area contributed by atoms with Crippen LogP contribution in [0.2, 0.25) is 0 Å². The normalized spacial score (nSPS) is 20.8. The van der Waals surface area contributed by atoms with Crippen LogP contribution in [-0.2, 0) is 4.79 Å². The third-order valence-electron chi connectivity index (χ3n) is 5.24. The fourth-order valence-corrected chi connectivity index (χ4v) is 4.16. The van der Waals surface area contributed by atoms with Gasteiger partial charge in [0.15, 0.2) is 0 Å². The summed E-state index contributed by atoms with van der Waals surface area (Å²) in [6, 6.07) is 7.56. The highest BCUT2D eigenvalue weighted by molar-refractivity contribution is 6.00. The van der Waals surface area contributed by atoms with E-state index in [9.17, 15) is 9.90 Å². The summed E-state index contributed by atoms with van der Waals surface area (Å²) in [6.45, 7) is 7.48. The molecule has 0 fully saturated rings. The molecule has 0 saturated heterocycles. The summed E-state index contributed by atoms with van der Waals surface area (Å²) < 4.78 is 5.76. The van der Waals surface area contributed by atoms with Gasteiger partial charge in [-0.25, -0.2) is 4.79 Å². The molecule has 0 heterocycles. The number of aromatic hydroxyl groups is 1. The van der Waals surface area contributed by atoms with Gasteiger partial charge in [-0.05, 0) is 19.8 Å². The van der Waals surface area contributed by atoms with E-state index in [1.165, 1.54) is 5.57 Å². The molecule has 3 heteroatoms. The minimum Gasteiger partial charge on any atom is -0.507 e. The predicted octanol–water partition coefficient (Wildman–Crippen LogP) is 4.95. The molecule has 2 aromatic rings. The number of carbonyl (C=O) groups is 1. The Labute approximate surface area is 141 Å². The zero-order valence-corrected chi connectivity index (χ0v) is 13.9. The molecule has 2 bridgehead atoms. The highest BCUT2D eigenvalue weighted by Gasteiger charge is 2.42. The molecule has 0 aliphatic heterocycles. The minimum absolute atomic E-state index is 0.215. The maximum atomic E-state index is 12.2. The smallest absolute Gasteiger partial charge is 0.338 e. The van der Waals surface area contributed by atoms with Gasteiger partial charge in [0.05, 0.1) is 0 Å². The number of rotatable bonds is 3. The van der Waals surface area contributed by atoms with Crippen LogP contribution in [0.3, 0.4) is 0 Å². The van der Waals surface area contributed by atoms with Crippen molar-refractivity contribution in [1.82, 2.24) is 0 Å². The highest BCUT2D eigenvalue weighted by Crippen LogP contribution is 2.60. The summed E-state index contributed by atoms with van der Waals surface area (Å²) >= 11 is 0. The second-order valence-electron chi connectivity index (χ2n) is 6.71. The molecular formula is C21H20O3. The summed E-state index contributed by atoms with van der Waals surface area (Å²) in [7, 11) is 0. The first-order chi connectivity index (χ1) is 11.5. The molecule has 3 nitrogen and oxygen atoms in total. The van der Waals surface area contributed by atoms with E-state index in [0.717, 1.165) is 34.7 Å². The van der Waals surface area contributed by atoms with Crippen molar-refractivity contribution in [2.24, 2.45) is 0 Å². The summed E-state index contributed by atoms with van der Waals surface area (Å²) in [5.41, 5.74) is 3.66. The van der Waals surface area contributed by atoms with E-state index in [1.54, 1.807) is 6.92 Å². The molecule has 2 aromatic carbocycles. The zero-order valence-electron chi connectivity index (χ0n) is 13.9. The van der Waals surface area contributed by atoms with Crippen LogP contribution in [0.25, 0.3) is 10.8 Å². The van der Waals surface area contributed by atoms with Crippen LogP contribution in [-0.4, -0.2) is 11.1 Å². The van der Waals surface area contributed by atoms with Crippen LogP contribution in [0, 0.1) is 0 Å². The van der Waals surface area contributed by atoms with Gasteiger partial charge in [0, 0.05) is 39.3 Å². The Balaban J connectivity index is 2.01. The molecule has 24 heavy (non-hydrogen) atoms. The number of fused-ring (bicyclic) bond motifs is 6. The number of hydrogen-bond donors (Lipinski definition) is 1. The first-order valence-corrected chi connectivity index (χ1v) is 8.38. The van der Waals surface area contributed by atoms with Gasteiger partial charge in [-0.2, -0.15) is 0 Å². The number of allylic oxidation sites excluding steroid dienone is 2. The van der Waals surface area contributed by atoms with E-state index in [4.69, 9.17) is 4.74 Å². The Morgan fingerprint density at radius 1 is 1.29 bits per heavy atom. The van der Waals surface area contributed by atoms with E-state index in [1.807, 2.05) is 24.3 Å². The van der Waals surface area contributed by atoms with Crippen molar-refractivity contribution in [2.45, 2.75) is 38.5 Å². The van der Waals surface area contributed by atoms with Crippen molar-refractivity contribution in [3.05, 3.63) is 59.2 Å². The van der Waals surface area contributed by atoms with Crippen LogP contribution in [0.15, 0.2) is 48.1 Å². The molecule has 0 spiro atoms. The van der Waals surface area contributed by atoms with Crippen molar-refractivity contribution >= 4 is 16.7 Å². The van der Waals surface area contributed by atoms with Crippen LogP contribution < -0.4 is 4.74 Å². The van der Waals surface area contributed by atoms with Crippen LogP contribution in [0.4, 0.5) is 0 Å². The second-order valence-corrected chi connectivity index (χ2v) is 6.71. The Hall–Kier alpha value is -2.55. The maximum absolute atomic E-state index is 12.2. The van der Waals surface area contributed by atoms with Crippen molar-refractivity contribution in [1.29, 1.82) is 0 Å². The number of phenolic OH excluding ortho intramolecular Hbond substituents is 1. The molecule has 2 unspecified atom stereocenters. The molecule has 2 aliphatic rings. The first kappa shape index (κ1) is 15.0.